The highest BCUT2D eigenvalue weighted by atomic mass is 16.5. The lowest BCUT2D eigenvalue weighted by molar-refractivity contribution is -0.119. The molecule has 4 rings (SSSR count). The number of aryl methyl sites for hydroxylation is 1. The first-order valence-corrected chi connectivity index (χ1v) is 12.8. The Kier molecular flexibility index (Phi) is 8.56. The number of carbonyl (C=O) groups excluding carboxylic acids is 1. The Labute approximate surface area is 217 Å². The number of methoxy groups -OCH3 is 3. The van der Waals surface area contributed by atoms with Gasteiger partial charge in [0, 0.05) is 31.6 Å². The number of aliphatic hydroxyl groups is 1. The maximum Gasteiger partial charge on any atom is 0.217 e. The molecule has 2 aliphatic rings. The molecule has 1 amide bonds. The van der Waals surface area contributed by atoms with Crippen LogP contribution in [-0.4, -0.2) is 69.5 Å². The zero-order valence-corrected chi connectivity index (χ0v) is 22.1. The molecule has 1 fully saturated rings. The molecule has 0 radical (unpaired) electrons. The van der Waals surface area contributed by atoms with Crippen LogP contribution in [0.25, 0.3) is 11.1 Å². The SMILES string of the molecule is COc1cc2c(c(OC)c1OC)-c1ccc(NCCN3CCC[C@@H]3CO)c(=O)cc1[C@@H](NC(C)=O)CC2. The number of hydrogen-bond donors (Lipinski definition) is 3. The number of nitrogens with zero attached hydrogens (tertiary/aromatic N) is 1. The van der Waals surface area contributed by atoms with Crippen LogP contribution in [0.15, 0.2) is 29.1 Å². The van der Waals surface area contributed by atoms with Crippen molar-refractivity contribution in [1.82, 2.24) is 10.2 Å². The Balaban J connectivity index is 1.78. The van der Waals surface area contributed by atoms with Crippen molar-refractivity contribution >= 4 is 11.6 Å². The number of hydrogen-bond acceptors (Lipinski definition) is 8. The number of likely N-dealkylation sites (tertiary alicyclic amines) is 1. The quantitative estimate of drug-likeness (QED) is 0.472. The van der Waals surface area contributed by atoms with Crippen molar-refractivity contribution in [2.45, 2.75) is 44.7 Å². The molecule has 0 spiro atoms. The van der Waals surface area contributed by atoms with Gasteiger partial charge in [-0.2, -0.15) is 0 Å². The lowest BCUT2D eigenvalue weighted by Crippen LogP contribution is -2.36. The van der Waals surface area contributed by atoms with E-state index in [4.69, 9.17) is 14.2 Å². The molecule has 9 heteroatoms. The molecule has 0 aromatic heterocycles. The van der Waals surface area contributed by atoms with Crippen LogP contribution in [0, 0.1) is 0 Å². The molecule has 3 N–H and O–H groups in total. The summed E-state index contributed by atoms with van der Waals surface area (Å²) in [5.74, 6) is 1.40. The number of benzene rings is 1. The van der Waals surface area contributed by atoms with Crippen LogP contribution in [0.1, 0.15) is 43.4 Å². The molecule has 9 nitrogen and oxygen atoms in total. The van der Waals surface area contributed by atoms with Gasteiger partial charge in [-0.05, 0) is 67.1 Å². The summed E-state index contributed by atoms with van der Waals surface area (Å²) in [4.78, 5) is 27.7. The molecule has 200 valence electrons. The number of anilines is 1. The maximum atomic E-state index is 13.4. The van der Waals surface area contributed by atoms with Crippen molar-refractivity contribution in [2.24, 2.45) is 0 Å². The van der Waals surface area contributed by atoms with Crippen molar-refractivity contribution < 1.29 is 24.1 Å². The number of amides is 1. The second-order valence-corrected chi connectivity index (χ2v) is 9.54. The average molecular weight is 512 g/mol. The lowest BCUT2D eigenvalue weighted by atomic mass is 9.95. The van der Waals surface area contributed by atoms with E-state index in [1.807, 2.05) is 12.1 Å². The van der Waals surface area contributed by atoms with Crippen molar-refractivity contribution in [3.8, 4) is 28.4 Å². The number of ether oxygens (including phenoxy) is 3. The van der Waals surface area contributed by atoms with Gasteiger partial charge >= 0.3 is 0 Å². The van der Waals surface area contributed by atoms with Gasteiger partial charge in [-0.25, -0.2) is 0 Å². The van der Waals surface area contributed by atoms with Crippen LogP contribution in [0.5, 0.6) is 17.2 Å². The van der Waals surface area contributed by atoms with Crippen LogP contribution < -0.4 is 30.3 Å². The van der Waals surface area contributed by atoms with Crippen molar-refractivity contribution in [2.75, 3.05) is 52.9 Å². The van der Waals surface area contributed by atoms with Gasteiger partial charge in [0.05, 0.1) is 39.7 Å². The van der Waals surface area contributed by atoms with Crippen LogP contribution in [-0.2, 0) is 11.2 Å². The van der Waals surface area contributed by atoms with Crippen molar-refractivity contribution in [1.29, 1.82) is 0 Å². The third kappa shape index (κ3) is 5.52. The highest BCUT2D eigenvalue weighted by Crippen LogP contribution is 2.50. The number of fused-ring (bicyclic) bond motifs is 3. The first kappa shape index (κ1) is 26.8. The number of aliphatic hydroxyl groups excluding tert-OH is 1. The van der Waals surface area contributed by atoms with Gasteiger partial charge in [0.2, 0.25) is 17.1 Å². The topological polar surface area (TPSA) is 109 Å². The van der Waals surface area contributed by atoms with Crippen molar-refractivity contribution in [3.63, 3.8) is 0 Å². The third-order valence-corrected chi connectivity index (χ3v) is 7.34. The van der Waals surface area contributed by atoms with Crippen molar-refractivity contribution in [3.05, 3.63) is 45.6 Å². The van der Waals surface area contributed by atoms with E-state index in [2.05, 4.69) is 15.5 Å². The minimum Gasteiger partial charge on any atom is -0.493 e. The fourth-order valence-corrected chi connectivity index (χ4v) is 5.58. The summed E-state index contributed by atoms with van der Waals surface area (Å²) in [7, 11) is 4.73. The zero-order chi connectivity index (χ0) is 26.5. The Morgan fingerprint density at radius 3 is 2.57 bits per heavy atom. The normalized spacial score (nSPS) is 18.8. The summed E-state index contributed by atoms with van der Waals surface area (Å²) < 4.78 is 17.0. The van der Waals surface area contributed by atoms with Gasteiger partial charge in [-0.15, -0.1) is 0 Å². The molecule has 0 bridgehead atoms. The largest absolute Gasteiger partial charge is 0.493 e. The molecular weight excluding hydrogens is 474 g/mol. The molecule has 0 saturated carbocycles. The Bertz CT molecular complexity index is 1200. The fraction of sp³-hybridized carbons (Fsp3) is 0.500. The average Bonchev–Trinajstić information content (AvgIpc) is 3.22. The molecule has 2 atom stereocenters. The standard InChI is InChI=1S/C28H37N3O6/c1-17(33)30-22-9-7-18-14-25(35-2)27(36-3)28(37-4)26(18)20-8-10-23(24(34)15-21(20)22)29-11-13-31-12-5-6-19(31)16-32/h8,10,14-15,19,22,32H,5-7,9,11-13,16H2,1-4H3,(H,29,34)(H,30,33)/t19-,22+/m1/s1. The highest BCUT2D eigenvalue weighted by Gasteiger charge is 2.29. The zero-order valence-electron chi connectivity index (χ0n) is 22.1. The van der Waals surface area contributed by atoms with Gasteiger partial charge in [0.15, 0.2) is 11.5 Å². The highest BCUT2D eigenvalue weighted by molar-refractivity contribution is 5.83. The molecule has 0 unspecified atom stereocenters. The van der Waals surface area contributed by atoms with E-state index in [9.17, 15) is 14.7 Å². The molecule has 1 saturated heterocycles. The van der Waals surface area contributed by atoms with E-state index in [-0.39, 0.29) is 30.0 Å². The van der Waals surface area contributed by atoms with Gasteiger partial charge < -0.3 is 30.0 Å². The Morgan fingerprint density at radius 2 is 1.89 bits per heavy atom. The summed E-state index contributed by atoms with van der Waals surface area (Å²) >= 11 is 0. The first-order chi connectivity index (χ1) is 17.9. The summed E-state index contributed by atoms with van der Waals surface area (Å²) in [5, 5.41) is 15.9. The molecule has 2 aromatic rings. The number of nitrogens with one attached hydrogen (secondary N) is 2. The van der Waals surface area contributed by atoms with E-state index in [1.54, 1.807) is 33.5 Å². The molecular formula is C28H37N3O6. The van der Waals surface area contributed by atoms with Gasteiger partial charge in [0.25, 0.3) is 0 Å². The maximum absolute atomic E-state index is 13.4. The molecule has 2 aromatic carbocycles. The van der Waals surface area contributed by atoms with E-state index < -0.39 is 0 Å². The minimum absolute atomic E-state index is 0.153. The molecule has 37 heavy (non-hydrogen) atoms. The van der Waals surface area contributed by atoms with Gasteiger partial charge in [-0.3, -0.25) is 14.5 Å². The second-order valence-electron chi connectivity index (χ2n) is 9.54. The van der Waals surface area contributed by atoms with E-state index in [0.717, 1.165) is 48.2 Å². The lowest BCUT2D eigenvalue weighted by Gasteiger charge is -2.22. The summed E-state index contributed by atoms with van der Waals surface area (Å²) in [5.41, 5.74) is 3.68. The summed E-state index contributed by atoms with van der Waals surface area (Å²) in [6.07, 6.45) is 3.33. The van der Waals surface area contributed by atoms with E-state index >= 15 is 0 Å². The second kappa shape index (κ2) is 11.8. The first-order valence-electron chi connectivity index (χ1n) is 12.8. The van der Waals surface area contributed by atoms with Gasteiger partial charge in [0.1, 0.15) is 0 Å². The van der Waals surface area contributed by atoms with E-state index in [0.29, 0.717) is 42.3 Å². The number of rotatable bonds is 9. The van der Waals surface area contributed by atoms with Crippen LogP contribution in [0.3, 0.4) is 0 Å². The fourth-order valence-electron chi connectivity index (χ4n) is 5.58. The van der Waals surface area contributed by atoms with Crippen LogP contribution in [0.4, 0.5) is 5.69 Å². The Hall–Kier alpha value is -3.30. The predicted molar refractivity (Wildman–Crippen MR) is 143 cm³/mol. The van der Waals surface area contributed by atoms with E-state index in [1.165, 1.54) is 6.92 Å². The molecule has 1 aliphatic carbocycles. The summed E-state index contributed by atoms with van der Waals surface area (Å²) in [6, 6.07) is 7.11. The van der Waals surface area contributed by atoms with Gasteiger partial charge in [-0.1, -0.05) is 6.07 Å². The Morgan fingerprint density at radius 1 is 1.11 bits per heavy atom. The summed E-state index contributed by atoms with van der Waals surface area (Å²) in [6.45, 7) is 3.91. The predicted octanol–water partition coefficient (Wildman–Crippen LogP) is 2.73. The molecule has 1 aliphatic heterocycles. The van der Waals surface area contributed by atoms with Crippen LogP contribution >= 0.6 is 0 Å². The molecule has 1 heterocycles. The number of carbonyl (C=O) groups is 1. The smallest absolute Gasteiger partial charge is 0.217 e. The third-order valence-electron chi connectivity index (χ3n) is 7.34. The minimum atomic E-state index is -0.343. The monoisotopic (exact) mass is 511 g/mol. The van der Waals surface area contributed by atoms with Crippen LogP contribution in [0.2, 0.25) is 0 Å².